The van der Waals surface area contributed by atoms with Crippen LogP contribution >= 0.6 is 11.6 Å². The number of hydrogen-bond acceptors (Lipinski definition) is 3. The van der Waals surface area contributed by atoms with E-state index in [4.69, 9.17) is 16.8 Å². The van der Waals surface area contributed by atoms with E-state index in [1.165, 1.54) is 18.3 Å². The third-order valence-corrected chi connectivity index (χ3v) is 2.66. The molecule has 0 unspecified atom stereocenters. The Morgan fingerprint density at radius 2 is 1.94 bits per heavy atom. The summed E-state index contributed by atoms with van der Waals surface area (Å²) >= 11 is 5.73. The number of nitrogens with zero attached hydrogens (tertiary/aromatic N) is 2. The van der Waals surface area contributed by atoms with Gasteiger partial charge in [0.25, 0.3) is 0 Å². The number of hydrogen-bond donors (Lipinski definition) is 1. The van der Waals surface area contributed by atoms with Crippen molar-refractivity contribution in [1.29, 1.82) is 0 Å². The molecule has 2 rings (SSSR count). The Hall–Kier alpha value is -1.94. The zero-order chi connectivity index (χ0) is 13.0. The fourth-order valence-corrected chi connectivity index (χ4v) is 1.63. The molecule has 2 aromatic rings. The standard InChI is InChI=1S/C13H10ClFN2O/c14-10-3-6-12(16-8-10)7-13(17-18)9-1-4-11(15)5-2-9/h1-6,8,18H,7H2/b17-13-. The maximum atomic E-state index is 12.8. The van der Waals surface area contributed by atoms with Crippen molar-refractivity contribution in [2.75, 3.05) is 0 Å². The first-order chi connectivity index (χ1) is 8.69. The molecular weight excluding hydrogens is 255 g/mol. The highest BCUT2D eigenvalue weighted by Crippen LogP contribution is 2.11. The monoisotopic (exact) mass is 264 g/mol. The van der Waals surface area contributed by atoms with Gasteiger partial charge in [0.2, 0.25) is 0 Å². The minimum atomic E-state index is -0.333. The zero-order valence-corrected chi connectivity index (χ0v) is 10.1. The molecule has 0 aliphatic carbocycles. The van der Waals surface area contributed by atoms with E-state index in [9.17, 15) is 4.39 Å². The minimum Gasteiger partial charge on any atom is -0.411 e. The van der Waals surface area contributed by atoms with Crippen molar-refractivity contribution < 1.29 is 9.60 Å². The zero-order valence-electron chi connectivity index (χ0n) is 9.35. The lowest BCUT2D eigenvalue weighted by Crippen LogP contribution is -2.06. The molecule has 0 bridgehead atoms. The summed E-state index contributed by atoms with van der Waals surface area (Å²) in [6.07, 6.45) is 1.87. The fourth-order valence-electron chi connectivity index (χ4n) is 1.52. The third-order valence-electron chi connectivity index (χ3n) is 2.44. The lowest BCUT2D eigenvalue weighted by molar-refractivity contribution is 0.318. The molecule has 0 amide bonds. The van der Waals surface area contributed by atoms with Gasteiger partial charge in [-0.05, 0) is 29.8 Å². The van der Waals surface area contributed by atoms with Crippen LogP contribution in [0.5, 0.6) is 0 Å². The largest absolute Gasteiger partial charge is 0.411 e. The Kier molecular flexibility index (Phi) is 3.89. The van der Waals surface area contributed by atoms with Gasteiger partial charge >= 0.3 is 0 Å². The highest BCUT2D eigenvalue weighted by atomic mass is 35.5. The molecule has 1 aromatic heterocycles. The van der Waals surface area contributed by atoms with Crippen LogP contribution in [0.4, 0.5) is 4.39 Å². The lowest BCUT2D eigenvalue weighted by Gasteiger charge is -2.04. The van der Waals surface area contributed by atoms with Crippen molar-refractivity contribution in [2.45, 2.75) is 6.42 Å². The molecule has 0 spiro atoms. The van der Waals surface area contributed by atoms with Crippen LogP contribution in [-0.4, -0.2) is 15.9 Å². The number of oxime groups is 1. The molecular formula is C13H10ClFN2O. The lowest BCUT2D eigenvalue weighted by atomic mass is 10.1. The number of benzene rings is 1. The average Bonchev–Trinajstić information content (AvgIpc) is 2.39. The molecule has 3 nitrogen and oxygen atoms in total. The second kappa shape index (κ2) is 5.60. The average molecular weight is 265 g/mol. The van der Waals surface area contributed by atoms with Crippen molar-refractivity contribution >= 4 is 17.3 Å². The van der Waals surface area contributed by atoms with Crippen molar-refractivity contribution in [1.82, 2.24) is 4.98 Å². The van der Waals surface area contributed by atoms with Gasteiger partial charge in [-0.1, -0.05) is 28.9 Å². The van der Waals surface area contributed by atoms with Gasteiger partial charge in [0.15, 0.2) is 0 Å². The van der Waals surface area contributed by atoms with Gasteiger partial charge in [0.05, 0.1) is 10.7 Å². The summed E-state index contributed by atoms with van der Waals surface area (Å²) < 4.78 is 12.8. The quantitative estimate of drug-likeness (QED) is 0.525. The Morgan fingerprint density at radius 3 is 2.50 bits per heavy atom. The van der Waals surface area contributed by atoms with Crippen LogP contribution in [-0.2, 0) is 6.42 Å². The molecule has 92 valence electrons. The Morgan fingerprint density at radius 1 is 1.22 bits per heavy atom. The summed E-state index contributed by atoms with van der Waals surface area (Å²) in [5, 5.41) is 12.8. The van der Waals surface area contributed by atoms with Gasteiger partial charge in [-0.15, -0.1) is 0 Å². The maximum Gasteiger partial charge on any atom is 0.123 e. The van der Waals surface area contributed by atoms with Gasteiger partial charge in [-0.2, -0.15) is 0 Å². The van der Waals surface area contributed by atoms with Gasteiger partial charge < -0.3 is 5.21 Å². The van der Waals surface area contributed by atoms with Crippen LogP contribution in [0.25, 0.3) is 0 Å². The van der Waals surface area contributed by atoms with E-state index in [1.54, 1.807) is 24.3 Å². The van der Waals surface area contributed by atoms with Gasteiger partial charge in [-0.3, -0.25) is 4.98 Å². The predicted molar refractivity (Wildman–Crippen MR) is 67.7 cm³/mol. The molecule has 0 aliphatic heterocycles. The van der Waals surface area contributed by atoms with E-state index >= 15 is 0 Å². The van der Waals surface area contributed by atoms with Crippen LogP contribution in [0.1, 0.15) is 11.3 Å². The summed E-state index contributed by atoms with van der Waals surface area (Å²) in [6, 6.07) is 9.20. The molecule has 1 heterocycles. The van der Waals surface area contributed by atoms with Crippen LogP contribution in [0.3, 0.4) is 0 Å². The minimum absolute atomic E-state index is 0.333. The molecule has 1 N–H and O–H groups in total. The van der Waals surface area contributed by atoms with Crippen LogP contribution < -0.4 is 0 Å². The first kappa shape index (κ1) is 12.5. The normalized spacial score (nSPS) is 11.6. The molecule has 0 fully saturated rings. The molecule has 0 saturated carbocycles. The fraction of sp³-hybridized carbons (Fsp3) is 0.0769. The molecule has 0 atom stereocenters. The molecule has 18 heavy (non-hydrogen) atoms. The summed E-state index contributed by atoms with van der Waals surface area (Å²) in [7, 11) is 0. The maximum absolute atomic E-state index is 12.8. The van der Waals surface area contributed by atoms with Crippen molar-refractivity contribution in [3.8, 4) is 0 Å². The molecule has 5 heteroatoms. The van der Waals surface area contributed by atoms with Crippen molar-refractivity contribution in [3.63, 3.8) is 0 Å². The van der Waals surface area contributed by atoms with E-state index < -0.39 is 0 Å². The second-order valence-corrected chi connectivity index (χ2v) is 4.13. The predicted octanol–water partition coefficient (Wildman–Crippen LogP) is 3.30. The number of halogens is 2. The summed E-state index contributed by atoms with van der Waals surface area (Å²) in [5.41, 5.74) is 1.79. The van der Waals surface area contributed by atoms with E-state index in [0.717, 1.165) is 5.69 Å². The van der Waals surface area contributed by atoms with E-state index in [1.807, 2.05) is 0 Å². The van der Waals surface area contributed by atoms with Crippen LogP contribution in [0.2, 0.25) is 5.02 Å². The van der Waals surface area contributed by atoms with Crippen LogP contribution in [0.15, 0.2) is 47.8 Å². The number of rotatable bonds is 3. The van der Waals surface area contributed by atoms with E-state index in [0.29, 0.717) is 22.7 Å². The molecule has 1 aromatic carbocycles. The highest BCUT2D eigenvalue weighted by molar-refractivity contribution is 6.30. The Balaban J connectivity index is 2.20. The number of pyridine rings is 1. The van der Waals surface area contributed by atoms with Gasteiger partial charge in [-0.25, -0.2) is 4.39 Å². The number of aromatic nitrogens is 1. The highest BCUT2D eigenvalue weighted by Gasteiger charge is 2.07. The molecule has 0 saturated heterocycles. The Bertz CT molecular complexity index is 552. The third kappa shape index (κ3) is 3.05. The van der Waals surface area contributed by atoms with Crippen molar-refractivity contribution in [2.24, 2.45) is 5.16 Å². The Labute approximate surface area is 109 Å². The second-order valence-electron chi connectivity index (χ2n) is 3.70. The smallest absolute Gasteiger partial charge is 0.123 e. The van der Waals surface area contributed by atoms with Crippen LogP contribution in [0, 0.1) is 5.82 Å². The first-order valence-corrected chi connectivity index (χ1v) is 5.64. The first-order valence-electron chi connectivity index (χ1n) is 5.26. The summed E-state index contributed by atoms with van der Waals surface area (Å²) in [4.78, 5) is 4.11. The molecule has 0 aliphatic rings. The van der Waals surface area contributed by atoms with Gasteiger partial charge in [0, 0.05) is 18.3 Å². The van der Waals surface area contributed by atoms with Gasteiger partial charge in [0.1, 0.15) is 5.82 Å². The SMILES string of the molecule is O/N=C(/Cc1ccc(Cl)cn1)c1ccc(F)cc1. The summed E-state index contributed by atoms with van der Waals surface area (Å²) in [6.45, 7) is 0. The van der Waals surface area contributed by atoms with Crippen molar-refractivity contribution in [3.05, 3.63) is 64.7 Å². The molecule has 0 radical (unpaired) electrons. The summed E-state index contributed by atoms with van der Waals surface area (Å²) in [5.74, 6) is -0.333. The van der Waals surface area contributed by atoms with E-state index in [2.05, 4.69) is 10.1 Å². The topological polar surface area (TPSA) is 45.5 Å². The van der Waals surface area contributed by atoms with E-state index in [-0.39, 0.29) is 5.82 Å².